The van der Waals surface area contributed by atoms with Crippen LogP contribution < -0.4 is 14.8 Å². The van der Waals surface area contributed by atoms with Crippen LogP contribution in [-0.2, 0) is 6.18 Å². The highest BCUT2D eigenvalue weighted by Crippen LogP contribution is 2.31. The minimum absolute atomic E-state index is 0.000172. The molecule has 186 valence electrons. The molecule has 1 saturated heterocycles. The maximum atomic E-state index is 13.1. The van der Waals surface area contributed by atoms with Crippen LogP contribution in [0.5, 0.6) is 11.5 Å². The van der Waals surface area contributed by atoms with Crippen LogP contribution in [0, 0.1) is 0 Å². The Hall–Kier alpha value is -3.53. The predicted molar refractivity (Wildman–Crippen MR) is 124 cm³/mol. The van der Waals surface area contributed by atoms with Gasteiger partial charge in [-0.05, 0) is 61.8 Å². The minimum Gasteiger partial charge on any atom is -0.497 e. The van der Waals surface area contributed by atoms with Crippen molar-refractivity contribution in [3.8, 4) is 17.2 Å². The van der Waals surface area contributed by atoms with E-state index >= 15 is 0 Å². The summed E-state index contributed by atoms with van der Waals surface area (Å²) >= 11 is 0. The number of amides is 1. The molecule has 1 fully saturated rings. The lowest BCUT2D eigenvalue weighted by Gasteiger charge is -2.28. The van der Waals surface area contributed by atoms with E-state index in [2.05, 4.69) is 15.3 Å². The van der Waals surface area contributed by atoms with E-state index < -0.39 is 17.6 Å². The molecule has 0 aliphatic carbocycles. The zero-order valence-electron chi connectivity index (χ0n) is 19.5. The van der Waals surface area contributed by atoms with E-state index in [1.165, 1.54) is 30.1 Å². The van der Waals surface area contributed by atoms with Crippen molar-refractivity contribution in [3.05, 3.63) is 71.5 Å². The molecule has 0 spiro atoms. The van der Waals surface area contributed by atoms with E-state index in [1.807, 2.05) is 24.3 Å². The van der Waals surface area contributed by atoms with Gasteiger partial charge in [0.1, 0.15) is 5.75 Å². The molecule has 0 bridgehead atoms. The van der Waals surface area contributed by atoms with Crippen molar-refractivity contribution in [3.63, 3.8) is 0 Å². The number of likely N-dealkylation sites (tertiary alicyclic amines) is 1. The SMILES string of the molecule is COc1ccc([C@H](CNC(=O)c2nn(-c3cccc(C(F)(F)F)c3)cc2OC)N2CCCC2)cc1. The smallest absolute Gasteiger partial charge is 0.416 e. The van der Waals surface area contributed by atoms with Crippen molar-refractivity contribution in [1.82, 2.24) is 20.0 Å². The first kappa shape index (κ1) is 24.6. The van der Waals surface area contributed by atoms with Crippen molar-refractivity contribution < 1.29 is 27.4 Å². The number of hydrogen-bond donors (Lipinski definition) is 1. The molecule has 4 rings (SSSR count). The fourth-order valence-electron chi connectivity index (χ4n) is 4.23. The average molecular weight is 489 g/mol. The molecule has 2 heterocycles. The highest BCUT2D eigenvalue weighted by atomic mass is 19.4. The fraction of sp³-hybridized carbons (Fsp3) is 0.360. The summed E-state index contributed by atoms with van der Waals surface area (Å²) in [6, 6.07) is 12.4. The van der Waals surface area contributed by atoms with Gasteiger partial charge in [-0.25, -0.2) is 4.68 Å². The van der Waals surface area contributed by atoms with Crippen LogP contribution in [0.2, 0.25) is 0 Å². The molecule has 1 aromatic heterocycles. The number of halogens is 3. The summed E-state index contributed by atoms with van der Waals surface area (Å²) in [6.45, 7) is 2.20. The second-order valence-corrected chi connectivity index (χ2v) is 8.28. The third kappa shape index (κ3) is 5.59. The van der Waals surface area contributed by atoms with Crippen LogP contribution in [0.3, 0.4) is 0 Å². The van der Waals surface area contributed by atoms with Crippen molar-refractivity contribution in [1.29, 1.82) is 0 Å². The van der Waals surface area contributed by atoms with Crippen molar-refractivity contribution in [2.45, 2.75) is 25.1 Å². The molecule has 2 aromatic carbocycles. The van der Waals surface area contributed by atoms with Crippen molar-refractivity contribution >= 4 is 5.91 Å². The second kappa shape index (κ2) is 10.4. The van der Waals surface area contributed by atoms with Crippen molar-refractivity contribution in [2.24, 2.45) is 0 Å². The van der Waals surface area contributed by atoms with E-state index in [9.17, 15) is 18.0 Å². The molecule has 7 nitrogen and oxygen atoms in total. The summed E-state index contributed by atoms with van der Waals surface area (Å²) in [5.74, 6) is 0.454. The number of aromatic nitrogens is 2. The lowest BCUT2D eigenvalue weighted by atomic mass is 10.1. The second-order valence-electron chi connectivity index (χ2n) is 8.28. The Morgan fingerprint density at radius 2 is 1.80 bits per heavy atom. The Morgan fingerprint density at radius 3 is 2.43 bits per heavy atom. The summed E-state index contributed by atoms with van der Waals surface area (Å²) in [5.41, 5.74) is 0.419. The third-order valence-corrected chi connectivity index (χ3v) is 6.09. The molecule has 0 saturated carbocycles. The fourth-order valence-corrected chi connectivity index (χ4v) is 4.23. The Bertz CT molecular complexity index is 1160. The first-order chi connectivity index (χ1) is 16.8. The van der Waals surface area contributed by atoms with E-state index in [1.54, 1.807) is 7.11 Å². The number of carbonyl (C=O) groups excluding carboxylic acids is 1. The molecular weight excluding hydrogens is 461 g/mol. The summed E-state index contributed by atoms with van der Waals surface area (Å²) in [5, 5.41) is 7.16. The van der Waals surface area contributed by atoms with Gasteiger partial charge in [0.2, 0.25) is 0 Å². The maximum absolute atomic E-state index is 13.1. The summed E-state index contributed by atoms with van der Waals surface area (Å²) in [4.78, 5) is 15.4. The van der Waals surface area contributed by atoms with Gasteiger partial charge in [0.05, 0.1) is 37.7 Å². The summed E-state index contributed by atoms with van der Waals surface area (Å²) in [7, 11) is 2.99. The molecule has 0 radical (unpaired) electrons. The Labute approximate surface area is 201 Å². The van der Waals surface area contributed by atoms with E-state index in [0.29, 0.717) is 6.54 Å². The standard InChI is InChI=1S/C25H27F3N4O3/c1-34-20-10-8-17(9-11-20)21(31-12-3-4-13-31)15-29-24(33)23-22(35-2)16-32(30-23)19-7-5-6-18(14-19)25(26,27)28/h5-11,14,16,21H,3-4,12-13,15H2,1-2H3,(H,29,33)/t21-/m0/s1. The highest BCUT2D eigenvalue weighted by molar-refractivity contribution is 5.95. The Balaban J connectivity index is 1.54. The van der Waals surface area contributed by atoms with Gasteiger partial charge in [-0.1, -0.05) is 18.2 Å². The predicted octanol–water partition coefficient (Wildman–Crippen LogP) is 4.48. The first-order valence-electron chi connectivity index (χ1n) is 11.3. The lowest BCUT2D eigenvalue weighted by Crippen LogP contribution is -2.37. The lowest BCUT2D eigenvalue weighted by molar-refractivity contribution is -0.137. The largest absolute Gasteiger partial charge is 0.497 e. The van der Waals surface area contributed by atoms with Crippen LogP contribution >= 0.6 is 0 Å². The van der Waals surface area contributed by atoms with Crippen LogP contribution in [0.15, 0.2) is 54.7 Å². The topological polar surface area (TPSA) is 68.6 Å². The molecule has 0 unspecified atom stereocenters. The molecule has 10 heteroatoms. The molecule has 1 amide bonds. The highest BCUT2D eigenvalue weighted by Gasteiger charge is 2.31. The van der Waals surface area contributed by atoms with Crippen LogP contribution in [0.1, 0.15) is 40.5 Å². The van der Waals surface area contributed by atoms with Gasteiger partial charge in [-0.15, -0.1) is 0 Å². The molecular formula is C25H27F3N4O3. The number of hydrogen-bond acceptors (Lipinski definition) is 5. The number of ether oxygens (including phenoxy) is 2. The summed E-state index contributed by atoms with van der Waals surface area (Å²) < 4.78 is 51.1. The Morgan fingerprint density at radius 1 is 1.09 bits per heavy atom. The van der Waals surface area contributed by atoms with E-state index in [0.717, 1.165) is 49.4 Å². The normalized spacial score (nSPS) is 15.1. The zero-order chi connectivity index (χ0) is 25.0. The van der Waals surface area contributed by atoms with Crippen molar-refractivity contribution in [2.75, 3.05) is 33.9 Å². The first-order valence-corrected chi connectivity index (χ1v) is 11.3. The van der Waals surface area contributed by atoms with Crippen LogP contribution in [-0.4, -0.2) is 54.4 Å². The molecule has 1 N–H and O–H groups in total. The number of rotatable bonds is 8. The number of alkyl halides is 3. The summed E-state index contributed by atoms with van der Waals surface area (Å²) in [6.07, 6.45) is -0.906. The van der Waals surface area contributed by atoms with E-state index in [-0.39, 0.29) is 23.2 Å². The van der Waals surface area contributed by atoms with Gasteiger partial charge >= 0.3 is 6.18 Å². The average Bonchev–Trinajstić information content (AvgIpc) is 3.54. The molecule has 3 aromatic rings. The van der Waals surface area contributed by atoms with Gasteiger partial charge in [0.15, 0.2) is 11.4 Å². The van der Waals surface area contributed by atoms with Gasteiger partial charge in [-0.2, -0.15) is 18.3 Å². The quantitative estimate of drug-likeness (QED) is 0.507. The molecule has 1 aliphatic heterocycles. The van der Waals surface area contributed by atoms with Crippen LogP contribution in [0.25, 0.3) is 5.69 Å². The monoisotopic (exact) mass is 488 g/mol. The number of nitrogens with zero attached hydrogens (tertiary/aromatic N) is 3. The number of methoxy groups -OCH3 is 2. The zero-order valence-corrected chi connectivity index (χ0v) is 19.5. The maximum Gasteiger partial charge on any atom is 0.416 e. The molecule has 35 heavy (non-hydrogen) atoms. The number of carbonyl (C=O) groups is 1. The number of nitrogens with one attached hydrogen (secondary N) is 1. The third-order valence-electron chi connectivity index (χ3n) is 6.09. The van der Waals surface area contributed by atoms with Crippen LogP contribution in [0.4, 0.5) is 13.2 Å². The van der Waals surface area contributed by atoms with Gasteiger partial charge in [0, 0.05) is 6.54 Å². The Kier molecular flexibility index (Phi) is 7.30. The van der Waals surface area contributed by atoms with Gasteiger partial charge in [-0.3, -0.25) is 9.69 Å². The molecule has 1 atom stereocenters. The molecule has 1 aliphatic rings. The van der Waals surface area contributed by atoms with E-state index in [4.69, 9.17) is 9.47 Å². The minimum atomic E-state index is -4.49. The van der Waals surface area contributed by atoms with Gasteiger partial charge in [0.25, 0.3) is 5.91 Å². The van der Waals surface area contributed by atoms with Gasteiger partial charge < -0.3 is 14.8 Å². The number of benzene rings is 2.